The lowest BCUT2D eigenvalue weighted by molar-refractivity contribution is -0.139. The highest BCUT2D eigenvalue weighted by molar-refractivity contribution is 7.92. The smallest absolute Gasteiger partial charge is 0.419 e. The molecule has 2 aromatic carbocycles. The van der Waals surface area contributed by atoms with Crippen LogP contribution in [-0.2, 0) is 20.8 Å². The van der Waals surface area contributed by atoms with E-state index in [9.17, 15) is 26.4 Å². The third-order valence-corrected chi connectivity index (χ3v) is 7.00. The van der Waals surface area contributed by atoms with E-state index in [0.29, 0.717) is 12.8 Å². The third-order valence-electron chi connectivity index (χ3n) is 4.74. The van der Waals surface area contributed by atoms with Gasteiger partial charge in [0.15, 0.2) is 16.4 Å². The third kappa shape index (κ3) is 5.09. The number of nitrogens with one attached hydrogen (secondary N) is 1. The zero-order valence-electron chi connectivity index (χ0n) is 15.4. The first-order chi connectivity index (χ1) is 13.7. The number of carbonyl (C=O) groups is 1. The highest BCUT2D eigenvalue weighted by Gasteiger charge is 2.34. The molecule has 0 bridgehead atoms. The second kappa shape index (κ2) is 8.44. The van der Waals surface area contributed by atoms with Crippen molar-refractivity contribution in [2.75, 3.05) is 11.9 Å². The van der Waals surface area contributed by atoms with Gasteiger partial charge in [0.05, 0.1) is 15.7 Å². The summed E-state index contributed by atoms with van der Waals surface area (Å²) in [6.45, 7) is -0.646. The van der Waals surface area contributed by atoms with Gasteiger partial charge < -0.3 is 10.1 Å². The van der Waals surface area contributed by atoms with Crippen LogP contribution >= 0.6 is 0 Å². The number of rotatable bonds is 6. The Morgan fingerprint density at radius 1 is 1.07 bits per heavy atom. The standard InChI is InChI=1S/C20H20F3NO4S/c21-20(22,23)17-10-3-4-11-18(17)28-13-19(25)24-14-6-5-9-16(12-14)29(26,27)15-7-1-2-8-15/h3-6,9-12,15H,1-2,7-8,13H2,(H,24,25). The Hall–Kier alpha value is -2.55. The highest BCUT2D eigenvalue weighted by Crippen LogP contribution is 2.36. The van der Waals surface area contributed by atoms with Gasteiger partial charge in [0.25, 0.3) is 5.91 Å². The number of carbonyl (C=O) groups excluding carboxylic acids is 1. The molecule has 2 aromatic rings. The first-order valence-corrected chi connectivity index (χ1v) is 10.7. The molecule has 1 aliphatic carbocycles. The molecule has 1 fully saturated rings. The van der Waals surface area contributed by atoms with Crippen LogP contribution in [0.25, 0.3) is 0 Å². The summed E-state index contributed by atoms with van der Waals surface area (Å²) in [6.07, 6.45) is -1.62. The van der Waals surface area contributed by atoms with Crippen molar-refractivity contribution < 1.29 is 31.1 Å². The second-order valence-corrected chi connectivity index (χ2v) is 9.04. The van der Waals surface area contributed by atoms with Gasteiger partial charge in [-0.15, -0.1) is 0 Å². The molecule has 0 aromatic heterocycles. The average Bonchev–Trinajstić information content (AvgIpc) is 3.22. The topological polar surface area (TPSA) is 72.5 Å². The molecule has 0 aliphatic heterocycles. The summed E-state index contributed by atoms with van der Waals surface area (Å²) in [7, 11) is -3.48. The van der Waals surface area contributed by atoms with Gasteiger partial charge in [0.2, 0.25) is 0 Å². The van der Waals surface area contributed by atoms with Crippen LogP contribution in [0.4, 0.5) is 18.9 Å². The highest BCUT2D eigenvalue weighted by atomic mass is 32.2. The Kier molecular flexibility index (Phi) is 6.16. The fourth-order valence-electron chi connectivity index (χ4n) is 3.31. The van der Waals surface area contributed by atoms with Crippen LogP contribution in [0.2, 0.25) is 0 Å². The van der Waals surface area contributed by atoms with E-state index in [1.54, 1.807) is 0 Å². The zero-order valence-corrected chi connectivity index (χ0v) is 16.2. The number of para-hydroxylation sites is 1. The van der Waals surface area contributed by atoms with Crippen molar-refractivity contribution in [1.82, 2.24) is 0 Å². The van der Waals surface area contributed by atoms with E-state index in [2.05, 4.69) is 5.32 Å². The fraction of sp³-hybridized carbons (Fsp3) is 0.350. The molecule has 0 atom stereocenters. The Morgan fingerprint density at radius 3 is 2.45 bits per heavy atom. The minimum atomic E-state index is -4.60. The maximum Gasteiger partial charge on any atom is 0.419 e. The summed E-state index contributed by atoms with van der Waals surface area (Å²) in [5, 5.41) is 2.04. The molecule has 0 radical (unpaired) electrons. The largest absolute Gasteiger partial charge is 0.483 e. The molecule has 156 valence electrons. The monoisotopic (exact) mass is 427 g/mol. The summed E-state index contributed by atoms with van der Waals surface area (Å²) < 4.78 is 69.3. The number of amides is 1. The van der Waals surface area contributed by atoms with E-state index < -0.39 is 45.1 Å². The number of hydrogen-bond donors (Lipinski definition) is 1. The van der Waals surface area contributed by atoms with Gasteiger partial charge >= 0.3 is 6.18 Å². The summed E-state index contributed by atoms with van der Waals surface area (Å²) in [5.41, 5.74) is -0.737. The molecule has 9 heteroatoms. The van der Waals surface area contributed by atoms with Crippen LogP contribution in [0.3, 0.4) is 0 Å². The van der Waals surface area contributed by atoms with Crippen molar-refractivity contribution in [3.8, 4) is 5.75 Å². The van der Waals surface area contributed by atoms with Gasteiger partial charge in [-0.25, -0.2) is 8.42 Å². The maximum absolute atomic E-state index is 13.0. The molecule has 0 spiro atoms. The van der Waals surface area contributed by atoms with Gasteiger partial charge in [-0.2, -0.15) is 13.2 Å². The van der Waals surface area contributed by atoms with Crippen molar-refractivity contribution in [2.45, 2.75) is 42.0 Å². The molecule has 3 rings (SSSR count). The van der Waals surface area contributed by atoms with Gasteiger partial charge in [-0.3, -0.25) is 4.79 Å². The van der Waals surface area contributed by atoms with E-state index in [4.69, 9.17) is 4.74 Å². The molecule has 29 heavy (non-hydrogen) atoms. The number of halogens is 3. The second-order valence-electron chi connectivity index (χ2n) is 6.81. The normalized spacial score (nSPS) is 15.3. The van der Waals surface area contributed by atoms with E-state index in [0.717, 1.165) is 25.0 Å². The molecule has 5 nitrogen and oxygen atoms in total. The number of hydrogen-bond acceptors (Lipinski definition) is 4. The molecule has 1 aliphatic rings. The first-order valence-electron chi connectivity index (χ1n) is 9.11. The molecule has 0 heterocycles. The van der Waals surface area contributed by atoms with Crippen LogP contribution in [0.5, 0.6) is 5.75 Å². The number of alkyl halides is 3. The lowest BCUT2D eigenvalue weighted by atomic mass is 10.2. The van der Waals surface area contributed by atoms with Crippen LogP contribution in [0.1, 0.15) is 31.2 Å². The molecule has 1 saturated carbocycles. The summed E-state index contributed by atoms with van der Waals surface area (Å²) >= 11 is 0. The van der Waals surface area contributed by atoms with Crippen molar-refractivity contribution in [2.24, 2.45) is 0 Å². The first kappa shape index (κ1) is 21.2. The quantitative estimate of drug-likeness (QED) is 0.740. The summed E-state index contributed by atoms with van der Waals surface area (Å²) in [6, 6.07) is 10.4. The van der Waals surface area contributed by atoms with Crippen molar-refractivity contribution in [3.63, 3.8) is 0 Å². The number of sulfone groups is 1. The van der Waals surface area contributed by atoms with Crippen LogP contribution in [0, 0.1) is 0 Å². The Bertz CT molecular complexity index is 983. The lowest BCUT2D eigenvalue weighted by Gasteiger charge is -2.14. The van der Waals surface area contributed by atoms with Crippen LogP contribution < -0.4 is 10.1 Å². The fourth-order valence-corrected chi connectivity index (χ4v) is 5.21. The minimum Gasteiger partial charge on any atom is -0.483 e. The molecule has 1 N–H and O–H groups in total. The Labute approximate surface area is 166 Å². The van der Waals surface area contributed by atoms with Crippen molar-refractivity contribution >= 4 is 21.4 Å². The SMILES string of the molecule is O=C(COc1ccccc1C(F)(F)F)Nc1cccc(S(=O)(=O)C2CCCC2)c1. The number of benzene rings is 2. The zero-order chi connectivity index (χ0) is 21.1. The van der Waals surface area contributed by atoms with E-state index in [1.807, 2.05) is 0 Å². The van der Waals surface area contributed by atoms with Crippen LogP contribution in [-0.4, -0.2) is 26.2 Å². The average molecular weight is 427 g/mol. The molecular formula is C20H20F3NO4S. The van der Waals surface area contributed by atoms with Gasteiger partial charge in [0.1, 0.15) is 5.75 Å². The number of anilines is 1. The molecule has 0 unspecified atom stereocenters. The Morgan fingerprint density at radius 2 is 1.76 bits per heavy atom. The summed E-state index contributed by atoms with van der Waals surface area (Å²) in [5.74, 6) is -1.15. The predicted molar refractivity (Wildman–Crippen MR) is 101 cm³/mol. The predicted octanol–water partition coefficient (Wildman–Crippen LogP) is 4.44. The molecule has 1 amide bonds. The van der Waals surface area contributed by atoms with Crippen molar-refractivity contribution in [1.29, 1.82) is 0 Å². The molecule has 0 saturated heterocycles. The van der Waals surface area contributed by atoms with Crippen molar-refractivity contribution in [3.05, 3.63) is 54.1 Å². The van der Waals surface area contributed by atoms with Gasteiger partial charge in [0, 0.05) is 5.69 Å². The van der Waals surface area contributed by atoms with E-state index in [1.165, 1.54) is 36.4 Å². The van der Waals surface area contributed by atoms with Gasteiger partial charge in [-0.05, 0) is 43.2 Å². The van der Waals surface area contributed by atoms with Crippen LogP contribution in [0.15, 0.2) is 53.4 Å². The molecular weight excluding hydrogens is 407 g/mol. The summed E-state index contributed by atoms with van der Waals surface area (Å²) in [4.78, 5) is 12.2. The maximum atomic E-state index is 13.0. The van der Waals surface area contributed by atoms with E-state index in [-0.39, 0.29) is 10.6 Å². The minimum absolute atomic E-state index is 0.116. The lowest BCUT2D eigenvalue weighted by Crippen LogP contribution is -2.22. The van der Waals surface area contributed by atoms with Gasteiger partial charge in [-0.1, -0.05) is 31.0 Å². The Balaban J connectivity index is 1.66. The number of ether oxygens (including phenoxy) is 1. The van der Waals surface area contributed by atoms with E-state index >= 15 is 0 Å².